The molecule has 0 aliphatic carbocycles. The number of nitrogens with two attached hydrogens (primary N) is 1. The third kappa shape index (κ3) is 2.63. The molecule has 1 amide bonds. The monoisotopic (exact) mass is 339 g/mol. The Morgan fingerprint density at radius 1 is 1.14 bits per heavy atom. The number of anilines is 2. The zero-order valence-electron chi connectivity index (χ0n) is 10.3. The van der Waals surface area contributed by atoms with Crippen LogP contribution < -0.4 is 11.1 Å². The first-order valence-electron chi connectivity index (χ1n) is 5.70. The highest BCUT2D eigenvalue weighted by Gasteiger charge is 2.17. The standard InChI is InChI=1S/C12H7Cl2N5OS/c13-5-1-3-7-11(19-21-18-7)9(5)17-12(20)10-6(14)2-4-8(15)16-10/h1-4H,(H2,15,16)(H,17,20). The van der Waals surface area contributed by atoms with E-state index >= 15 is 0 Å². The van der Waals surface area contributed by atoms with Crippen molar-refractivity contribution in [3.8, 4) is 0 Å². The minimum Gasteiger partial charge on any atom is -0.384 e. The summed E-state index contributed by atoms with van der Waals surface area (Å²) in [5.41, 5.74) is 7.12. The van der Waals surface area contributed by atoms with Crippen molar-refractivity contribution in [2.24, 2.45) is 0 Å². The second-order valence-electron chi connectivity index (χ2n) is 4.08. The number of aromatic nitrogens is 3. The Labute approximate surface area is 133 Å². The van der Waals surface area contributed by atoms with Crippen LogP contribution in [0.4, 0.5) is 11.5 Å². The van der Waals surface area contributed by atoms with Crippen molar-refractivity contribution in [3.63, 3.8) is 0 Å². The normalized spacial score (nSPS) is 10.8. The Bertz CT molecular complexity index is 851. The number of nitrogens with zero attached hydrogens (tertiary/aromatic N) is 3. The van der Waals surface area contributed by atoms with Crippen LogP contribution in [0.25, 0.3) is 11.0 Å². The highest BCUT2D eigenvalue weighted by atomic mass is 35.5. The van der Waals surface area contributed by atoms with Gasteiger partial charge in [0.05, 0.1) is 27.5 Å². The van der Waals surface area contributed by atoms with Gasteiger partial charge >= 0.3 is 0 Å². The molecule has 3 N–H and O–H groups in total. The molecule has 0 bridgehead atoms. The van der Waals surface area contributed by atoms with Crippen molar-refractivity contribution >= 4 is 63.4 Å². The van der Waals surface area contributed by atoms with Crippen molar-refractivity contribution in [2.45, 2.75) is 0 Å². The van der Waals surface area contributed by atoms with Gasteiger partial charge in [-0.15, -0.1) is 0 Å². The molecule has 2 aromatic heterocycles. The fourth-order valence-corrected chi connectivity index (χ4v) is 2.67. The van der Waals surface area contributed by atoms with E-state index in [1.165, 1.54) is 12.1 Å². The fraction of sp³-hybridized carbons (Fsp3) is 0. The van der Waals surface area contributed by atoms with Gasteiger partial charge < -0.3 is 11.1 Å². The van der Waals surface area contributed by atoms with Gasteiger partial charge in [0.25, 0.3) is 5.91 Å². The van der Waals surface area contributed by atoms with Crippen molar-refractivity contribution in [3.05, 3.63) is 40.0 Å². The number of benzene rings is 1. The number of amides is 1. The number of nitrogens with one attached hydrogen (secondary N) is 1. The highest BCUT2D eigenvalue weighted by Crippen LogP contribution is 2.30. The predicted molar refractivity (Wildman–Crippen MR) is 84.0 cm³/mol. The average molecular weight is 340 g/mol. The number of fused-ring (bicyclic) bond motifs is 1. The number of carbonyl (C=O) groups is 1. The molecule has 21 heavy (non-hydrogen) atoms. The van der Waals surface area contributed by atoms with E-state index in [-0.39, 0.29) is 16.5 Å². The van der Waals surface area contributed by atoms with Crippen LogP contribution in [-0.2, 0) is 0 Å². The van der Waals surface area contributed by atoms with Crippen LogP contribution in [0.1, 0.15) is 10.5 Å². The first-order valence-corrected chi connectivity index (χ1v) is 7.19. The summed E-state index contributed by atoms with van der Waals surface area (Å²) in [4.78, 5) is 16.2. The van der Waals surface area contributed by atoms with Crippen molar-refractivity contribution in [2.75, 3.05) is 11.1 Å². The van der Waals surface area contributed by atoms with Crippen LogP contribution in [0.3, 0.4) is 0 Å². The molecule has 0 atom stereocenters. The molecule has 2 heterocycles. The zero-order chi connectivity index (χ0) is 15.0. The molecule has 0 aliphatic heterocycles. The van der Waals surface area contributed by atoms with Gasteiger partial charge in [-0.2, -0.15) is 8.75 Å². The van der Waals surface area contributed by atoms with Gasteiger partial charge in [-0.05, 0) is 24.3 Å². The lowest BCUT2D eigenvalue weighted by Crippen LogP contribution is -2.15. The summed E-state index contributed by atoms with van der Waals surface area (Å²) >= 11 is 13.1. The lowest BCUT2D eigenvalue weighted by molar-refractivity contribution is 0.102. The van der Waals surface area contributed by atoms with E-state index in [4.69, 9.17) is 28.9 Å². The number of rotatable bonds is 2. The number of pyridine rings is 1. The van der Waals surface area contributed by atoms with E-state index in [1.807, 2.05) is 0 Å². The number of nitrogen functional groups attached to an aromatic ring is 1. The maximum absolute atomic E-state index is 12.3. The third-order valence-corrected chi connectivity index (χ3v) is 3.86. The maximum Gasteiger partial charge on any atom is 0.275 e. The summed E-state index contributed by atoms with van der Waals surface area (Å²) in [6.45, 7) is 0. The van der Waals surface area contributed by atoms with Crippen molar-refractivity contribution in [1.82, 2.24) is 13.7 Å². The van der Waals surface area contributed by atoms with E-state index in [9.17, 15) is 4.79 Å². The molecule has 0 radical (unpaired) electrons. The van der Waals surface area contributed by atoms with E-state index in [2.05, 4.69) is 19.0 Å². The smallest absolute Gasteiger partial charge is 0.275 e. The molecule has 0 saturated carbocycles. The summed E-state index contributed by atoms with van der Waals surface area (Å²) < 4.78 is 8.21. The van der Waals surface area contributed by atoms with Crippen LogP contribution in [-0.4, -0.2) is 19.6 Å². The second-order valence-corrected chi connectivity index (χ2v) is 5.42. The number of hydrogen-bond acceptors (Lipinski definition) is 6. The number of carbonyl (C=O) groups excluding carboxylic acids is 1. The summed E-state index contributed by atoms with van der Waals surface area (Å²) in [5.74, 6) is -0.320. The molecule has 9 heteroatoms. The highest BCUT2D eigenvalue weighted by molar-refractivity contribution is 7.00. The van der Waals surface area contributed by atoms with Crippen LogP contribution in [0, 0.1) is 0 Å². The van der Waals surface area contributed by atoms with Gasteiger partial charge in [0.15, 0.2) is 0 Å². The minimum absolute atomic E-state index is 0.0212. The molecular weight excluding hydrogens is 333 g/mol. The van der Waals surface area contributed by atoms with Crippen LogP contribution in [0.5, 0.6) is 0 Å². The topological polar surface area (TPSA) is 93.8 Å². The Morgan fingerprint density at radius 3 is 2.71 bits per heavy atom. The molecule has 106 valence electrons. The number of halogens is 2. The minimum atomic E-state index is -0.519. The SMILES string of the molecule is Nc1ccc(Cl)c(C(=O)Nc2c(Cl)ccc3nsnc23)n1. The van der Waals surface area contributed by atoms with Crippen LogP contribution in [0.2, 0.25) is 10.0 Å². The average Bonchev–Trinajstić information content (AvgIpc) is 2.93. The summed E-state index contributed by atoms with van der Waals surface area (Å²) in [5, 5.41) is 3.20. The molecule has 0 fully saturated rings. The Hall–Kier alpha value is -1.96. The number of hydrogen-bond donors (Lipinski definition) is 2. The summed E-state index contributed by atoms with van der Waals surface area (Å²) in [6, 6.07) is 6.38. The van der Waals surface area contributed by atoms with E-state index in [0.717, 1.165) is 11.7 Å². The lowest BCUT2D eigenvalue weighted by atomic mass is 10.2. The molecule has 0 aliphatic rings. The Balaban J connectivity index is 2.02. The molecule has 0 saturated heterocycles. The van der Waals surface area contributed by atoms with Gasteiger partial charge in [0.1, 0.15) is 22.5 Å². The van der Waals surface area contributed by atoms with Crippen LogP contribution in [0.15, 0.2) is 24.3 Å². The summed E-state index contributed by atoms with van der Waals surface area (Å²) in [6.07, 6.45) is 0. The maximum atomic E-state index is 12.3. The molecule has 6 nitrogen and oxygen atoms in total. The molecule has 0 unspecified atom stereocenters. The predicted octanol–water partition coefficient (Wildman–Crippen LogP) is 3.23. The van der Waals surface area contributed by atoms with Crippen LogP contribution >= 0.6 is 34.9 Å². The first-order chi connectivity index (χ1) is 10.1. The molecular formula is C12H7Cl2N5OS. The van der Waals surface area contributed by atoms with E-state index in [1.54, 1.807) is 12.1 Å². The molecule has 1 aromatic carbocycles. The molecule has 3 rings (SSSR count). The van der Waals surface area contributed by atoms with Gasteiger partial charge in [-0.25, -0.2) is 4.98 Å². The molecule has 3 aromatic rings. The zero-order valence-corrected chi connectivity index (χ0v) is 12.6. The Kier molecular flexibility index (Phi) is 3.62. The fourth-order valence-electron chi connectivity index (χ4n) is 1.73. The van der Waals surface area contributed by atoms with Gasteiger partial charge in [0, 0.05) is 0 Å². The first kappa shape index (κ1) is 14.0. The largest absolute Gasteiger partial charge is 0.384 e. The second kappa shape index (κ2) is 5.44. The van der Waals surface area contributed by atoms with Crippen molar-refractivity contribution < 1.29 is 4.79 Å². The van der Waals surface area contributed by atoms with Crippen molar-refractivity contribution in [1.29, 1.82) is 0 Å². The van der Waals surface area contributed by atoms with E-state index < -0.39 is 5.91 Å². The van der Waals surface area contributed by atoms with Gasteiger partial charge in [-0.1, -0.05) is 23.2 Å². The van der Waals surface area contributed by atoms with E-state index in [0.29, 0.717) is 21.7 Å². The quantitative estimate of drug-likeness (QED) is 0.747. The molecule has 0 spiro atoms. The van der Waals surface area contributed by atoms with Gasteiger partial charge in [-0.3, -0.25) is 4.79 Å². The summed E-state index contributed by atoms with van der Waals surface area (Å²) in [7, 11) is 0. The lowest BCUT2D eigenvalue weighted by Gasteiger charge is -2.08. The third-order valence-electron chi connectivity index (χ3n) is 2.70. The van der Waals surface area contributed by atoms with Gasteiger partial charge in [0.2, 0.25) is 0 Å². The Morgan fingerprint density at radius 2 is 1.90 bits per heavy atom.